The summed E-state index contributed by atoms with van der Waals surface area (Å²) in [6, 6.07) is 4.61. The maximum Gasteiger partial charge on any atom is 0.309 e. The summed E-state index contributed by atoms with van der Waals surface area (Å²) in [6.45, 7) is 11.1. The van der Waals surface area contributed by atoms with Crippen molar-refractivity contribution in [2.24, 2.45) is 11.3 Å². The molecule has 0 bridgehead atoms. The smallest absolute Gasteiger partial charge is 0.309 e. The van der Waals surface area contributed by atoms with Gasteiger partial charge in [-0.05, 0) is 79.0 Å². The summed E-state index contributed by atoms with van der Waals surface area (Å²) in [5.74, 6) is 0.187. The fraction of sp³-hybridized carbons (Fsp3) is 0.667. The minimum Gasteiger partial charge on any atom is -0.481 e. The molecular formula is C21H30O2. The summed E-state index contributed by atoms with van der Waals surface area (Å²) in [6.07, 6.45) is 4.99. The maximum absolute atomic E-state index is 12.0. The van der Waals surface area contributed by atoms with Gasteiger partial charge in [-0.25, -0.2) is 0 Å². The molecule has 0 aliphatic heterocycles. The first kappa shape index (κ1) is 16.5. The molecule has 2 aliphatic carbocycles. The van der Waals surface area contributed by atoms with Gasteiger partial charge < -0.3 is 5.11 Å². The Kier molecular flexibility index (Phi) is 3.85. The molecule has 126 valence electrons. The molecule has 0 heterocycles. The average molecular weight is 314 g/mol. The van der Waals surface area contributed by atoms with Crippen LogP contribution in [0.15, 0.2) is 12.1 Å². The van der Waals surface area contributed by atoms with Gasteiger partial charge in [-0.1, -0.05) is 39.3 Å². The number of carboxylic acids is 1. The van der Waals surface area contributed by atoms with Crippen LogP contribution in [0.2, 0.25) is 0 Å². The predicted molar refractivity (Wildman–Crippen MR) is 94.0 cm³/mol. The number of rotatable bonds is 2. The first-order chi connectivity index (χ1) is 10.7. The van der Waals surface area contributed by atoms with Crippen LogP contribution in [-0.2, 0) is 16.6 Å². The second kappa shape index (κ2) is 5.36. The van der Waals surface area contributed by atoms with Crippen LogP contribution in [0.25, 0.3) is 0 Å². The third-order valence-corrected chi connectivity index (χ3v) is 6.98. The summed E-state index contributed by atoms with van der Waals surface area (Å²) >= 11 is 0. The molecule has 0 spiro atoms. The minimum absolute atomic E-state index is 0.0131. The van der Waals surface area contributed by atoms with Crippen molar-refractivity contribution in [3.8, 4) is 0 Å². The first-order valence-electron chi connectivity index (χ1n) is 9.08. The number of hydrogen-bond donors (Lipinski definition) is 1. The Hall–Kier alpha value is -1.31. The Labute approximate surface area is 140 Å². The summed E-state index contributed by atoms with van der Waals surface area (Å²) in [7, 11) is 0. The van der Waals surface area contributed by atoms with Crippen LogP contribution in [0.1, 0.15) is 81.5 Å². The number of benzene rings is 1. The summed E-state index contributed by atoms with van der Waals surface area (Å²) < 4.78 is 0. The summed E-state index contributed by atoms with van der Waals surface area (Å²) in [4.78, 5) is 12.0. The Bertz CT molecular complexity index is 645. The number of carbonyl (C=O) groups is 1. The minimum atomic E-state index is -0.604. The molecule has 1 N–H and O–H groups in total. The zero-order valence-corrected chi connectivity index (χ0v) is 15.2. The molecule has 2 heteroatoms. The van der Waals surface area contributed by atoms with Crippen molar-refractivity contribution < 1.29 is 9.90 Å². The molecule has 0 aromatic heterocycles. The molecule has 3 rings (SSSR count). The quantitative estimate of drug-likeness (QED) is 0.813. The highest BCUT2D eigenvalue weighted by Gasteiger charge is 2.55. The van der Waals surface area contributed by atoms with Gasteiger partial charge in [0.15, 0.2) is 0 Å². The second-order valence-corrected chi connectivity index (χ2v) is 8.55. The Morgan fingerprint density at radius 1 is 1.26 bits per heavy atom. The molecule has 23 heavy (non-hydrogen) atoms. The average Bonchev–Trinajstić information content (AvgIpc) is 2.47. The molecule has 1 unspecified atom stereocenters. The van der Waals surface area contributed by atoms with Gasteiger partial charge >= 0.3 is 5.97 Å². The van der Waals surface area contributed by atoms with Crippen molar-refractivity contribution in [3.63, 3.8) is 0 Å². The van der Waals surface area contributed by atoms with Crippen molar-refractivity contribution in [1.29, 1.82) is 0 Å². The van der Waals surface area contributed by atoms with Gasteiger partial charge in [0, 0.05) is 0 Å². The maximum atomic E-state index is 12.0. The normalized spacial score (nSPS) is 33.2. The van der Waals surface area contributed by atoms with E-state index in [1.165, 1.54) is 22.3 Å². The van der Waals surface area contributed by atoms with Crippen LogP contribution in [0.3, 0.4) is 0 Å². The zero-order chi connectivity index (χ0) is 17.0. The SMILES string of the molecule is Cc1c(C(C)C)ccc2c1CCC1[C@](C)(C(=O)O)CCC[C@]21C. The molecule has 1 aromatic carbocycles. The predicted octanol–water partition coefficient (Wildman–Crippen LogP) is 5.21. The van der Waals surface area contributed by atoms with Gasteiger partial charge in [0.2, 0.25) is 0 Å². The lowest BCUT2D eigenvalue weighted by Gasteiger charge is -2.54. The molecule has 3 atom stereocenters. The van der Waals surface area contributed by atoms with E-state index in [4.69, 9.17) is 0 Å². The fourth-order valence-corrected chi connectivity index (χ4v) is 5.64. The number of carboxylic acid groups (broad SMARTS) is 1. The van der Waals surface area contributed by atoms with Crippen LogP contribution < -0.4 is 0 Å². The monoisotopic (exact) mass is 314 g/mol. The molecule has 2 aliphatic rings. The largest absolute Gasteiger partial charge is 0.481 e. The van der Waals surface area contributed by atoms with E-state index >= 15 is 0 Å². The lowest BCUT2D eigenvalue weighted by atomic mass is 9.49. The molecule has 0 radical (unpaired) electrons. The van der Waals surface area contributed by atoms with E-state index in [2.05, 4.69) is 39.8 Å². The fourth-order valence-electron chi connectivity index (χ4n) is 5.64. The Morgan fingerprint density at radius 2 is 1.96 bits per heavy atom. The topological polar surface area (TPSA) is 37.3 Å². The summed E-state index contributed by atoms with van der Waals surface area (Å²) in [5, 5.41) is 9.87. The lowest BCUT2D eigenvalue weighted by molar-refractivity contribution is -0.157. The van der Waals surface area contributed by atoms with Crippen molar-refractivity contribution >= 4 is 5.97 Å². The molecule has 1 aromatic rings. The van der Waals surface area contributed by atoms with Gasteiger partial charge in [0.25, 0.3) is 0 Å². The van der Waals surface area contributed by atoms with Gasteiger partial charge in [0.05, 0.1) is 5.41 Å². The van der Waals surface area contributed by atoms with Crippen molar-refractivity contribution in [1.82, 2.24) is 0 Å². The first-order valence-corrected chi connectivity index (χ1v) is 9.08. The Morgan fingerprint density at radius 3 is 2.57 bits per heavy atom. The highest BCUT2D eigenvalue weighted by atomic mass is 16.4. The van der Waals surface area contributed by atoms with E-state index in [1.807, 2.05) is 6.92 Å². The third kappa shape index (κ3) is 2.25. The molecule has 0 saturated heterocycles. The van der Waals surface area contributed by atoms with Crippen LogP contribution in [-0.4, -0.2) is 11.1 Å². The lowest BCUT2D eigenvalue weighted by Crippen LogP contribution is -2.52. The van der Waals surface area contributed by atoms with Gasteiger partial charge in [0.1, 0.15) is 0 Å². The standard InChI is InChI=1S/C21H30O2/c1-13(2)15-7-9-17-16(14(15)3)8-10-18-20(17,4)11-6-12-21(18,5)19(22)23/h7,9,13,18H,6,8,10-12H2,1-5H3,(H,22,23)/t18?,20-,21-/m1/s1. The van der Waals surface area contributed by atoms with E-state index in [0.29, 0.717) is 5.92 Å². The number of fused-ring (bicyclic) bond motifs is 3. The van der Waals surface area contributed by atoms with E-state index < -0.39 is 11.4 Å². The molecule has 0 amide bonds. The molecular weight excluding hydrogens is 284 g/mol. The number of hydrogen-bond acceptors (Lipinski definition) is 1. The highest BCUT2D eigenvalue weighted by Crippen LogP contribution is 2.57. The van der Waals surface area contributed by atoms with Crippen molar-refractivity contribution in [2.45, 2.75) is 78.1 Å². The summed E-state index contributed by atoms with van der Waals surface area (Å²) in [5.41, 5.74) is 5.27. The van der Waals surface area contributed by atoms with E-state index in [1.54, 1.807) is 0 Å². The zero-order valence-electron chi connectivity index (χ0n) is 15.2. The van der Waals surface area contributed by atoms with Gasteiger partial charge in [-0.2, -0.15) is 0 Å². The van der Waals surface area contributed by atoms with Crippen LogP contribution >= 0.6 is 0 Å². The molecule has 2 nitrogen and oxygen atoms in total. The second-order valence-electron chi connectivity index (χ2n) is 8.55. The van der Waals surface area contributed by atoms with E-state index in [9.17, 15) is 9.90 Å². The van der Waals surface area contributed by atoms with Crippen molar-refractivity contribution in [2.75, 3.05) is 0 Å². The van der Waals surface area contributed by atoms with Gasteiger partial charge in [-0.3, -0.25) is 4.79 Å². The number of aliphatic carboxylic acids is 1. The van der Waals surface area contributed by atoms with Crippen LogP contribution in [0.4, 0.5) is 0 Å². The third-order valence-electron chi connectivity index (χ3n) is 6.98. The Balaban J connectivity index is 2.14. The van der Waals surface area contributed by atoms with Crippen LogP contribution in [0.5, 0.6) is 0 Å². The van der Waals surface area contributed by atoms with E-state index in [0.717, 1.165) is 32.1 Å². The molecule has 1 fully saturated rings. The highest BCUT2D eigenvalue weighted by molar-refractivity contribution is 5.75. The van der Waals surface area contributed by atoms with E-state index in [-0.39, 0.29) is 11.3 Å². The van der Waals surface area contributed by atoms with Crippen LogP contribution in [0, 0.1) is 18.3 Å². The molecule has 1 saturated carbocycles. The van der Waals surface area contributed by atoms with Gasteiger partial charge in [-0.15, -0.1) is 0 Å². The van der Waals surface area contributed by atoms with Crippen molar-refractivity contribution in [3.05, 3.63) is 34.4 Å².